The molecule has 1 unspecified atom stereocenters. The molecule has 0 aromatic heterocycles. The summed E-state index contributed by atoms with van der Waals surface area (Å²) in [4.78, 5) is 47.2. The zero-order valence-electron chi connectivity index (χ0n) is 16.5. The Balaban J connectivity index is 2.52. The van der Waals surface area contributed by atoms with Crippen molar-refractivity contribution in [3.63, 3.8) is 0 Å². The molecule has 3 N–H and O–H groups in total. The van der Waals surface area contributed by atoms with Crippen molar-refractivity contribution in [1.82, 2.24) is 16.0 Å². The first kappa shape index (κ1) is 22.7. The highest BCUT2D eigenvalue weighted by atomic mass is 16.5. The van der Waals surface area contributed by atoms with Gasteiger partial charge in [0.05, 0.1) is 14.2 Å². The van der Waals surface area contributed by atoms with Gasteiger partial charge in [-0.15, -0.1) is 0 Å². The van der Waals surface area contributed by atoms with E-state index in [1.807, 2.05) is 0 Å². The minimum absolute atomic E-state index is 0.155. The maximum atomic E-state index is 12.1. The highest BCUT2D eigenvalue weighted by molar-refractivity contribution is 5.98. The van der Waals surface area contributed by atoms with E-state index in [-0.39, 0.29) is 11.6 Å². The van der Waals surface area contributed by atoms with E-state index in [4.69, 9.17) is 14.2 Å². The molecule has 0 aliphatic carbocycles. The fourth-order valence-corrected chi connectivity index (χ4v) is 2.04. The van der Waals surface area contributed by atoms with Gasteiger partial charge in [0.1, 0.15) is 6.54 Å². The topological polar surface area (TPSA) is 132 Å². The van der Waals surface area contributed by atoms with Gasteiger partial charge in [-0.1, -0.05) is 0 Å². The fraction of sp³-hybridized carbons (Fsp3) is 0.444. The molecule has 0 fully saturated rings. The number of nitrogens with one attached hydrogen (secondary N) is 3. The lowest BCUT2D eigenvalue weighted by Crippen LogP contribution is -2.47. The smallest absolute Gasteiger partial charge is 0.326 e. The Kier molecular flexibility index (Phi) is 8.73. The number of esters is 1. The Morgan fingerprint density at radius 1 is 1.00 bits per heavy atom. The molecule has 28 heavy (non-hydrogen) atoms. The number of methoxy groups -OCH3 is 2. The Hall–Kier alpha value is -3.30. The minimum atomic E-state index is -1.21. The average Bonchev–Trinajstić information content (AvgIpc) is 2.64. The molecule has 0 bridgehead atoms. The lowest BCUT2D eigenvalue weighted by atomic mass is 10.2. The molecule has 0 heterocycles. The highest BCUT2D eigenvalue weighted by Crippen LogP contribution is 2.27. The Labute approximate surface area is 162 Å². The number of hydrogen-bond acceptors (Lipinski definition) is 7. The highest BCUT2D eigenvalue weighted by Gasteiger charge is 2.20. The molecule has 0 radical (unpaired) electrons. The number of hydrogen-bond donors (Lipinski definition) is 3. The van der Waals surface area contributed by atoms with Crippen LogP contribution < -0.4 is 25.4 Å². The van der Waals surface area contributed by atoms with Crippen LogP contribution in [0.1, 0.15) is 31.1 Å². The van der Waals surface area contributed by atoms with Gasteiger partial charge < -0.3 is 24.8 Å². The summed E-state index contributed by atoms with van der Waals surface area (Å²) >= 11 is 0. The van der Waals surface area contributed by atoms with Gasteiger partial charge >= 0.3 is 12.0 Å². The van der Waals surface area contributed by atoms with Crippen molar-refractivity contribution in [2.24, 2.45) is 0 Å². The minimum Gasteiger partial charge on any atom is -0.493 e. The van der Waals surface area contributed by atoms with Gasteiger partial charge in [0, 0.05) is 11.6 Å². The molecule has 0 aliphatic rings. The van der Waals surface area contributed by atoms with E-state index >= 15 is 0 Å². The number of benzene rings is 1. The van der Waals surface area contributed by atoms with Crippen LogP contribution in [0.4, 0.5) is 4.79 Å². The molecule has 0 saturated carbocycles. The van der Waals surface area contributed by atoms with E-state index in [2.05, 4.69) is 16.0 Å². The number of urea groups is 1. The molecule has 0 aliphatic heterocycles. The summed E-state index contributed by atoms with van der Waals surface area (Å²) in [6, 6.07) is 3.68. The molecular weight excluding hydrogens is 370 g/mol. The first-order valence-electron chi connectivity index (χ1n) is 8.49. The summed E-state index contributed by atoms with van der Waals surface area (Å²) < 4.78 is 15.1. The van der Waals surface area contributed by atoms with Crippen LogP contribution in [0, 0.1) is 0 Å². The van der Waals surface area contributed by atoms with Crippen molar-refractivity contribution in [2.75, 3.05) is 20.8 Å². The summed E-state index contributed by atoms with van der Waals surface area (Å²) in [5, 5.41) is 6.90. The van der Waals surface area contributed by atoms with Gasteiger partial charge in [0.15, 0.2) is 17.6 Å². The summed E-state index contributed by atoms with van der Waals surface area (Å²) in [6.45, 7) is 4.32. The molecular formula is C18H25N3O7. The molecule has 1 aromatic carbocycles. The number of carbonyl (C=O) groups excluding carboxylic acids is 4. The third-order valence-corrected chi connectivity index (χ3v) is 3.37. The predicted octanol–water partition coefficient (Wildman–Crippen LogP) is 0.600. The lowest BCUT2D eigenvalue weighted by Gasteiger charge is -2.14. The van der Waals surface area contributed by atoms with Crippen molar-refractivity contribution in [3.05, 3.63) is 23.8 Å². The Morgan fingerprint density at radius 3 is 2.21 bits per heavy atom. The van der Waals surface area contributed by atoms with Gasteiger partial charge in [0.2, 0.25) is 0 Å². The maximum absolute atomic E-state index is 12.1. The summed E-state index contributed by atoms with van der Waals surface area (Å²) in [7, 11) is 2.90. The van der Waals surface area contributed by atoms with Crippen LogP contribution in [-0.4, -0.2) is 56.7 Å². The lowest BCUT2D eigenvalue weighted by molar-refractivity contribution is -0.153. The summed E-state index contributed by atoms with van der Waals surface area (Å²) in [5.41, 5.74) is 0.251. The third kappa shape index (κ3) is 7.14. The predicted molar refractivity (Wildman–Crippen MR) is 99.2 cm³/mol. The van der Waals surface area contributed by atoms with E-state index < -0.39 is 36.5 Å². The van der Waals surface area contributed by atoms with E-state index in [1.54, 1.807) is 19.9 Å². The Morgan fingerprint density at radius 2 is 1.64 bits per heavy atom. The van der Waals surface area contributed by atoms with Crippen molar-refractivity contribution < 1.29 is 33.4 Å². The second kappa shape index (κ2) is 10.8. The van der Waals surface area contributed by atoms with Gasteiger partial charge in [-0.05, 0) is 39.0 Å². The molecule has 0 spiro atoms. The van der Waals surface area contributed by atoms with Gasteiger partial charge in [-0.25, -0.2) is 4.79 Å². The zero-order valence-corrected chi connectivity index (χ0v) is 16.5. The van der Waals surface area contributed by atoms with E-state index in [0.29, 0.717) is 11.5 Å². The second-order valence-corrected chi connectivity index (χ2v) is 6.00. The molecule has 1 rings (SSSR count). The fourth-order valence-electron chi connectivity index (χ4n) is 2.04. The Bertz CT molecular complexity index is 734. The standard InChI is InChI=1S/C18H25N3O7/c1-10(2)20-18(25)21-16(23)11(3)28-15(22)9-19-17(24)12-6-7-13(26-4)14(8-12)27-5/h6-8,10-11H,9H2,1-5H3,(H,19,24)(H2,20,21,23,25). The first-order valence-corrected chi connectivity index (χ1v) is 8.49. The van der Waals surface area contributed by atoms with E-state index in [9.17, 15) is 19.2 Å². The first-order chi connectivity index (χ1) is 13.2. The van der Waals surface area contributed by atoms with E-state index in [0.717, 1.165) is 0 Å². The van der Waals surface area contributed by atoms with Crippen molar-refractivity contribution in [1.29, 1.82) is 0 Å². The summed E-state index contributed by atoms with van der Waals surface area (Å²) in [6.07, 6.45) is -1.21. The molecule has 10 nitrogen and oxygen atoms in total. The number of amides is 4. The van der Waals surface area contributed by atoms with Crippen molar-refractivity contribution >= 4 is 23.8 Å². The second-order valence-electron chi connectivity index (χ2n) is 6.00. The monoisotopic (exact) mass is 395 g/mol. The van der Waals surface area contributed by atoms with Crippen molar-refractivity contribution in [2.45, 2.75) is 32.9 Å². The molecule has 0 saturated heterocycles. The average molecular weight is 395 g/mol. The van der Waals surface area contributed by atoms with Gasteiger partial charge in [0.25, 0.3) is 11.8 Å². The molecule has 154 valence electrons. The van der Waals surface area contributed by atoms with Crippen LogP contribution in [0.3, 0.4) is 0 Å². The molecule has 1 atom stereocenters. The van der Waals surface area contributed by atoms with Crippen LogP contribution in [0.15, 0.2) is 18.2 Å². The molecule has 1 aromatic rings. The van der Waals surface area contributed by atoms with Gasteiger partial charge in [-0.2, -0.15) is 0 Å². The number of ether oxygens (including phenoxy) is 3. The summed E-state index contributed by atoms with van der Waals surface area (Å²) in [5.74, 6) is -1.33. The third-order valence-electron chi connectivity index (χ3n) is 3.37. The number of rotatable bonds is 8. The molecule has 4 amide bonds. The number of imide groups is 1. The van der Waals surface area contributed by atoms with Crippen LogP contribution in [-0.2, 0) is 14.3 Å². The quantitative estimate of drug-likeness (QED) is 0.549. The normalized spacial score (nSPS) is 11.2. The molecule has 10 heteroatoms. The van der Waals surface area contributed by atoms with E-state index in [1.165, 1.54) is 33.3 Å². The maximum Gasteiger partial charge on any atom is 0.326 e. The van der Waals surface area contributed by atoms with Crippen molar-refractivity contribution in [3.8, 4) is 11.5 Å². The van der Waals surface area contributed by atoms with Crippen LogP contribution in [0.2, 0.25) is 0 Å². The van der Waals surface area contributed by atoms with Crippen LogP contribution in [0.5, 0.6) is 11.5 Å². The zero-order chi connectivity index (χ0) is 21.3. The SMILES string of the molecule is COc1ccc(C(=O)NCC(=O)OC(C)C(=O)NC(=O)NC(C)C)cc1OC. The van der Waals surface area contributed by atoms with Crippen LogP contribution >= 0.6 is 0 Å². The van der Waals surface area contributed by atoms with Crippen LogP contribution in [0.25, 0.3) is 0 Å². The number of carbonyl (C=O) groups is 4. The van der Waals surface area contributed by atoms with Gasteiger partial charge in [-0.3, -0.25) is 19.7 Å². The largest absolute Gasteiger partial charge is 0.493 e.